The van der Waals surface area contributed by atoms with Gasteiger partial charge in [-0.25, -0.2) is 14.8 Å². The maximum Gasteiger partial charge on any atom is 0.335 e. The summed E-state index contributed by atoms with van der Waals surface area (Å²) in [5.41, 5.74) is 0.364. The van der Waals surface area contributed by atoms with Crippen LogP contribution in [0.4, 0.5) is 0 Å². The van der Waals surface area contributed by atoms with Crippen molar-refractivity contribution in [3.05, 3.63) is 11.8 Å². The minimum Gasteiger partial charge on any atom is -0.463 e. The number of hydrogen-bond donors (Lipinski definition) is 0. The van der Waals surface area contributed by atoms with Gasteiger partial charge in [0.25, 0.3) is 0 Å². The fourth-order valence-corrected chi connectivity index (χ4v) is 0.537. The lowest BCUT2D eigenvalue weighted by Gasteiger charge is -1.98. The third kappa shape index (κ3) is 5.14. The van der Waals surface area contributed by atoms with E-state index >= 15 is 0 Å². The van der Waals surface area contributed by atoms with Gasteiger partial charge in [0.2, 0.25) is 5.29 Å². The highest BCUT2D eigenvalue weighted by Gasteiger charge is 2.02. The Morgan fingerprint density at radius 3 is 2.77 bits per heavy atom. The van der Waals surface area contributed by atoms with E-state index in [0.29, 0.717) is 12.2 Å². The van der Waals surface area contributed by atoms with Crippen molar-refractivity contribution in [3.8, 4) is 0 Å². The molecule has 0 spiro atoms. The third-order valence-electron chi connectivity index (χ3n) is 1.09. The summed E-state index contributed by atoms with van der Waals surface area (Å²) >= 11 is 5.42. The summed E-state index contributed by atoms with van der Waals surface area (Å²) in [7, 11) is 0. The lowest BCUT2D eigenvalue weighted by Crippen LogP contribution is -2.04. The Morgan fingerprint density at radius 2 is 2.31 bits per heavy atom. The normalized spacial score (nSPS) is 12.5. The Balaban J connectivity index is 4.32. The average molecular weight is 203 g/mol. The third-order valence-corrected chi connectivity index (χ3v) is 1.31. The summed E-state index contributed by atoms with van der Waals surface area (Å²) in [6, 6.07) is 0. The second kappa shape index (κ2) is 6.37. The van der Waals surface area contributed by atoms with Gasteiger partial charge >= 0.3 is 5.97 Å². The quantitative estimate of drug-likeness (QED) is 0.230. The minimum absolute atomic E-state index is 0.0105. The summed E-state index contributed by atoms with van der Waals surface area (Å²) in [6.45, 7) is 6.80. The van der Waals surface area contributed by atoms with Gasteiger partial charge in [-0.15, -0.1) is 0 Å². The lowest BCUT2D eigenvalue weighted by atomic mass is 10.3. The van der Waals surface area contributed by atoms with Gasteiger partial charge in [-0.2, -0.15) is 0 Å². The molecule has 0 rings (SSSR count). The van der Waals surface area contributed by atoms with Crippen LogP contribution in [-0.4, -0.2) is 24.6 Å². The van der Waals surface area contributed by atoms with Crippen molar-refractivity contribution < 1.29 is 9.53 Å². The Bertz CT molecular complexity index is 259. The van der Waals surface area contributed by atoms with Gasteiger partial charge in [-0.3, -0.25) is 0 Å². The van der Waals surface area contributed by atoms with Gasteiger partial charge in [0.05, 0.1) is 12.2 Å². The minimum atomic E-state index is -0.417. The molecule has 5 heteroatoms. The van der Waals surface area contributed by atoms with E-state index in [1.165, 1.54) is 6.20 Å². The maximum atomic E-state index is 11.0. The van der Waals surface area contributed by atoms with Crippen molar-refractivity contribution >= 4 is 29.6 Å². The Hall–Kier alpha value is -1.16. The number of carbonyl (C=O) groups is 1. The molecule has 72 valence electrons. The first-order valence-corrected chi connectivity index (χ1v) is 4.03. The molecule has 0 radical (unpaired) electrons. The van der Waals surface area contributed by atoms with Gasteiger partial charge in [0, 0.05) is 6.20 Å². The monoisotopic (exact) mass is 202 g/mol. The standard InChI is InChI=1S/C8H11ClN2O2/c1-4-13-7(12)6(2)5-11-8(9)10-3/h5H,3-4H2,1-2H3/b6-5+,11-8-. The van der Waals surface area contributed by atoms with Crippen LogP contribution in [0.25, 0.3) is 0 Å². The highest BCUT2D eigenvalue weighted by Crippen LogP contribution is 1.98. The largest absolute Gasteiger partial charge is 0.463 e. The zero-order valence-electron chi connectivity index (χ0n) is 7.58. The van der Waals surface area contributed by atoms with E-state index in [1.54, 1.807) is 13.8 Å². The van der Waals surface area contributed by atoms with Crippen LogP contribution < -0.4 is 0 Å². The molecule has 0 saturated carbocycles. The van der Waals surface area contributed by atoms with Crippen molar-refractivity contribution in [2.75, 3.05) is 6.61 Å². The summed E-state index contributed by atoms with van der Waals surface area (Å²) in [5, 5.41) is -0.0105. The van der Waals surface area contributed by atoms with Crippen LogP contribution in [-0.2, 0) is 9.53 Å². The Morgan fingerprint density at radius 1 is 1.69 bits per heavy atom. The molecule has 13 heavy (non-hydrogen) atoms. The number of aliphatic imine (C=N–C) groups is 2. The number of nitrogens with zero attached hydrogens (tertiary/aromatic N) is 2. The zero-order chi connectivity index (χ0) is 10.3. The number of ether oxygens (including phenoxy) is 1. The van der Waals surface area contributed by atoms with Gasteiger partial charge < -0.3 is 4.74 Å². The molecule has 0 aliphatic rings. The highest BCUT2D eigenvalue weighted by molar-refractivity contribution is 6.65. The predicted octanol–water partition coefficient (Wildman–Crippen LogP) is 1.75. The Labute approximate surface area is 82.0 Å². The molecular weight excluding hydrogens is 192 g/mol. The molecule has 0 aromatic carbocycles. The van der Waals surface area contributed by atoms with E-state index in [9.17, 15) is 4.79 Å². The number of halogens is 1. The van der Waals surface area contributed by atoms with Crippen LogP contribution in [0.3, 0.4) is 0 Å². The first kappa shape index (κ1) is 11.8. The second-order valence-corrected chi connectivity index (χ2v) is 2.43. The SMILES string of the molecule is C=N/C(Cl)=N\C=C(/C)C(=O)OCC. The topological polar surface area (TPSA) is 51.0 Å². The number of rotatable bonds is 3. The molecule has 0 heterocycles. The average Bonchev–Trinajstić information content (AvgIpc) is 2.13. The number of amidine groups is 1. The fraction of sp³-hybridized carbons (Fsp3) is 0.375. The molecule has 0 fully saturated rings. The van der Waals surface area contributed by atoms with E-state index < -0.39 is 5.97 Å². The molecule has 0 aliphatic carbocycles. The van der Waals surface area contributed by atoms with Crippen LogP contribution >= 0.6 is 11.6 Å². The maximum absolute atomic E-state index is 11.0. The van der Waals surface area contributed by atoms with E-state index in [1.807, 2.05) is 0 Å². The van der Waals surface area contributed by atoms with E-state index in [-0.39, 0.29) is 5.29 Å². The van der Waals surface area contributed by atoms with Gasteiger partial charge in [-0.1, -0.05) is 0 Å². The summed E-state index contributed by atoms with van der Waals surface area (Å²) < 4.78 is 4.70. The molecule has 0 saturated heterocycles. The van der Waals surface area contributed by atoms with Gasteiger partial charge in [0.15, 0.2) is 0 Å². The molecule has 0 N–H and O–H groups in total. The predicted molar refractivity (Wildman–Crippen MR) is 53.2 cm³/mol. The molecule has 0 amide bonds. The van der Waals surface area contributed by atoms with Crippen LogP contribution in [0, 0.1) is 0 Å². The highest BCUT2D eigenvalue weighted by atomic mass is 35.5. The van der Waals surface area contributed by atoms with Crippen LogP contribution in [0.2, 0.25) is 0 Å². The van der Waals surface area contributed by atoms with E-state index in [0.717, 1.165) is 0 Å². The van der Waals surface area contributed by atoms with E-state index in [2.05, 4.69) is 16.7 Å². The van der Waals surface area contributed by atoms with Crippen molar-refractivity contribution in [1.29, 1.82) is 0 Å². The number of esters is 1. The first-order valence-electron chi connectivity index (χ1n) is 3.65. The molecule has 0 atom stereocenters. The van der Waals surface area contributed by atoms with Crippen molar-refractivity contribution in [2.24, 2.45) is 9.98 Å². The fourth-order valence-electron chi connectivity index (χ4n) is 0.489. The van der Waals surface area contributed by atoms with E-state index in [4.69, 9.17) is 16.3 Å². The lowest BCUT2D eigenvalue weighted by molar-refractivity contribution is -0.138. The summed E-state index contributed by atoms with van der Waals surface area (Å²) in [4.78, 5) is 18.0. The molecule has 0 bridgehead atoms. The molecular formula is C8H11ClN2O2. The number of hydrogen-bond acceptors (Lipinski definition) is 3. The zero-order valence-corrected chi connectivity index (χ0v) is 8.34. The number of carbonyl (C=O) groups excluding carboxylic acids is 1. The van der Waals surface area contributed by atoms with Crippen LogP contribution in [0.5, 0.6) is 0 Å². The second-order valence-electron chi connectivity index (χ2n) is 2.09. The van der Waals surface area contributed by atoms with Crippen LogP contribution in [0.15, 0.2) is 21.8 Å². The van der Waals surface area contributed by atoms with Crippen molar-refractivity contribution in [2.45, 2.75) is 13.8 Å². The van der Waals surface area contributed by atoms with Gasteiger partial charge in [-0.05, 0) is 32.2 Å². The smallest absolute Gasteiger partial charge is 0.335 e. The molecule has 4 nitrogen and oxygen atoms in total. The molecule has 0 aliphatic heterocycles. The van der Waals surface area contributed by atoms with Gasteiger partial charge in [0.1, 0.15) is 0 Å². The first-order chi connectivity index (χ1) is 6.11. The molecule has 0 aromatic heterocycles. The van der Waals surface area contributed by atoms with Crippen molar-refractivity contribution in [1.82, 2.24) is 0 Å². The summed E-state index contributed by atoms with van der Waals surface area (Å²) in [5.74, 6) is -0.417. The molecule has 0 unspecified atom stereocenters. The summed E-state index contributed by atoms with van der Waals surface area (Å²) in [6.07, 6.45) is 1.29. The molecule has 0 aromatic rings. The van der Waals surface area contributed by atoms with Crippen molar-refractivity contribution in [3.63, 3.8) is 0 Å². The van der Waals surface area contributed by atoms with Crippen LogP contribution in [0.1, 0.15) is 13.8 Å². The Kier molecular flexibility index (Phi) is 5.80.